The molecule has 2 aromatic rings. The summed E-state index contributed by atoms with van der Waals surface area (Å²) in [5, 5.41) is 0.395. The third kappa shape index (κ3) is 5.31. The molecular formula is C28H35NO6S. The van der Waals surface area contributed by atoms with Crippen LogP contribution >= 0.6 is 11.3 Å². The number of thiophene rings is 1. The maximum Gasteiger partial charge on any atom is 0.514 e. The summed E-state index contributed by atoms with van der Waals surface area (Å²) in [4.78, 5) is 29.2. The molecule has 2 heterocycles. The Morgan fingerprint density at radius 1 is 1.00 bits per heavy atom. The van der Waals surface area contributed by atoms with Crippen LogP contribution < -0.4 is 9.64 Å². The lowest BCUT2D eigenvalue weighted by Crippen LogP contribution is -2.49. The topological polar surface area (TPSA) is 74.3 Å². The molecule has 7 nitrogen and oxygen atoms in total. The number of amides is 1. The molecule has 0 radical (unpaired) electrons. The van der Waals surface area contributed by atoms with E-state index in [1.165, 1.54) is 18.4 Å². The van der Waals surface area contributed by atoms with Crippen molar-refractivity contribution in [3.63, 3.8) is 0 Å². The minimum Gasteiger partial charge on any atom is -0.437 e. The Balaban J connectivity index is 1.50. The Morgan fingerprint density at radius 2 is 1.67 bits per heavy atom. The number of carbonyl (C=O) groups excluding carboxylic acids is 2. The fourth-order valence-corrected chi connectivity index (χ4v) is 6.75. The maximum atomic E-state index is 14.2. The maximum absolute atomic E-state index is 14.2. The number of benzene rings is 1. The van der Waals surface area contributed by atoms with Crippen LogP contribution in [0.2, 0.25) is 0 Å². The first kappa shape index (κ1) is 25.2. The normalized spacial score (nSPS) is 23.9. The zero-order valence-corrected chi connectivity index (χ0v) is 21.9. The van der Waals surface area contributed by atoms with E-state index in [2.05, 4.69) is 6.92 Å². The molecule has 8 heteroatoms. The number of anilines is 1. The molecule has 0 unspecified atom stereocenters. The van der Waals surface area contributed by atoms with Gasteiger partial charge in [-0.2, -0.15) is 0 Å². The van der Waals surface area contributed by atoms with Crippen molar-refractivity contribution in [3.05, 3.63) is 36.4 Å². The van der Waals surface area contributed by atoms with Crippen molar-refractivity contribution in [1.82, 2.24) is 0 Å². The van der Waals surface area contributed by atoms with Gasteiger partial charge < -0.3 is 23.8 Å². The lowest BCUT2D eigenvalue weighted by molar-refractivity contribution is -0.179. The molecule has 1 saturated heterocycles. The number of carbonyl (C=O) groups is 2. The third-order valence-electron chi connectivity index (χ3n) is 7.84. The molecule has 1 aromatic heterocycles. The van der Waals surface area contributed by atoms with Crippen LogP contribution in [0.5, 0.6) is 5.06 Å². The Labute approximate surface area is 216 Å². The molecule has 1 spiro atoms. The number of hydrogen-bond acceptors (Lipinski definition) is 7. The van der Waals surface area contributed by atoms with Gasteiger partial charge in [0.25, 0.3) is 0 Å². The SMILES string of the molecule is COC(=O)Oc1sc(-c2ccccc2)cc1N(C(=O)[C@H]1CC[C@H](C)CC1)C1CCC2(CC1)OCCO2. The van der Waals surface area contributed by atoms with Crippen LogP contribution in [0.4, 0.5) is 10.5 Å². The Hall–Kier alpha value is -2.42. The van der Waals surface area contributed by atoms with Gasteiger partial charge in [0.05, 0.1) is 26.0 Å². The number of rotatable bonds is 5. The summed E-state index contributed by atoms with van der Waals surface area (Å²) in [5.74, 6) is 0.240. The van der Waals surface area contributed by atoms with Crippen LogP contribution in [-0.4, -0.2) is 44.2 Å². The zero-order chi connectivity index (χ0) is 25.1. The molecule has 1 amide bonds. The lowest BCUT2D eigenvalue weighted by atomic mass is 9.81. The standard InChI is InChI=1S/C28H35NO6S/c1-19-8-10-21(11-9-19)25(30)29(22-12-14-28(15-13-22)33-16-17-34-28)23-18-24(20-6-4-3-5-7-20)36-26(23)35-27(31)32-2/h3-7,18-19,21-22H,8-17H2,1-2H3/t19-,21-. The fourth-order valence-electron chi connectivity index (χ4n) is 5.75. The van der Waals surface area contributed by atoms with Gasteiger partial charge in [0.2, 0.25) is 11.0 Å². The van der Waals surface area contributed by atoms with E-state index in [0.29, 0.717) is 29.9 Å². The van der Waals surface area contributed by atoms with Crippen LogP contribution in [0, 0.1) is 11.8 Å². The number of methoxy groups -OCH3 is 1. The van der Waals surface area contributed by atoms with Gasteiger partial charge in [-0.1, -0.05) is 48.6 Å². The van der Waals surface area contributed by atoms with E-state index >= 15 is 0 Å². The van der Waals surface area contributed by atoms with Gasteiger partial charge in [-0.25, -0.2) is 4.79 Å². The van der Waals surface area contributed by atoms with Crippen LogP contribution in [0.3, 0.4) is 0 Å². The van der Waals surface area contributed by atoms with Crippen LogP contribution in [-0.2, 0) is 19.0 Å². The number of ether oxygens (including phenoxy) is 4. The molecule has 36 heavy (non-hydrogen) atoms. The van der Waals surface area contributed by atoms with E-state index in [4.69, 9.17) is 18.9 Å². The molecule has 1 aliphatic heterocycles. The van der Waals surface area contributed by atoms with Gasteiger partial charge in [0.1, 0.15) is 0 Å². The Bertz CT molecular complexity index is 1050. The van der Waals surface area contributed by atoms with E-state index in [0.717, 1.165) is 61.8 Å². The first-order chi connectivity index (χ1) is 17.5. The molecule has 2 aliphatic carbocycles. The second-order valence-electron chi connectivity index (χ2n) is 10.2. The third-order valence-corrected chi connectivity index (χ3v) is 8.89. The molecule has 2 saturated carbocycles. The lowest BCUT2D eigenvalue weighted by Gasteiger charge is -2.42. The summed E-state index contributed by atoms with van der Waals surface area (Å²) >= 11 is 1.37. The predicted molar refractivity (Wildman–Crippen MR) is 138 cm³/mol. The van der Waals surface area contributed by atoms with Crippen molar-refractivity contribution in [1.29, 1.82) is 0 Å². The Morgan fingerprint density at radius 3 is 2.31 bits per heavy atom. The summed E-state index contributed by atoms with van der Waals surface area (Å²) in [6.07, 6.45) is 6.13. The molecule has 3 fully saturated rings. The minimum atomic E-state index is -0.785. The summed E-state index contributed by atoms with van der Waals surface area (Å²) in [5.41, 5.74) is 1.67. The van der Waals surface area contributed by atoms with Crippen molar-refractivity contribution in [2.24, 2.45) is 11.8 Å². The first-order valence-electron chi connectivity index (χ1n) is 13.0. The van der Waals surface area contributed by atoms with Crippen molar-refractivity contribution < 1.29 is 28.5 Å². The van der Waals surface area contributed by atoms with E-state index in [-0.39, 0.29) is 17.9 Å². The van der Waals surface area contributed by atoms with E-state index in [1.807, 2.05) is 41.3 Å². The van der Waals surface area contributed by atoms with E-state index < -0.39 is 11.9 Å². The molecule has 194 valence electrons. The highest BCUT2D eigenvalue weighted by Crippen LogP contribution is 2.47. The monoisotopic (exact) mass is 513 g/mol. The van der Waals surface area contributed by atoms with Gasteiger partial charge in [-0.3, -0.25) is 4.79 Å². The molecule has 5 rings (SSSR count). The molecule has 1 aromatic carbocycles. The zero-order valence-electron chi connectivity index (χ0n) is 21.1. The van der Waals surface area contributed by atoms with Crippen molar-refractivity contribution in [2.45, 2.75) is 70.1 Å². The van der Waals surface area contributed by atoms with Crippen molar-refractivity contribution in [3.8, 4) is 15.5 Å². The fraction of sp³-hybridized carbons (Fsp3) is 0.571. The van der Waals surface area contributed by atoms with Gasteiger partial charge in [-0.15, -0.1) is 0 Å². The van der Waals surface area contributed by atoms with E-state index in [1.54, 1.807) is 0 Å². The van der Waals surface area contributed by atoms with Crippen molar-refractivity contribution in [2.75, 3.05) is 25.2 Å². The number of hydrogen-bond donors (Lipinski definition) is 0. The highest BCUT2D eigenvalue weighted by atomic mass is 32.1. The smallest absolute Gasteiger partial charge is 0.437 e. The second kappa shape index (κ2) is 10.9. The van der Waals surface area contributed by atoms with Crippen LogP contribution in [0.25, 0.3) is 10.4 Å². The van der Waals surface area contributed by atoms with Crippen LogP contribution in [0.1, 0.15) is 58.3 Å². The largest absolute Gasteiger partial charge is 0.514 e. The van der Waals surface area contributed by atoms with E-state index in [9.17, 15) is 9.59 Å². The predicted octanol–water partition coefficient (Wildman–Crippen LogP) is 6.41. The van der Waals surface area contributed by atoms with Gasteiger partial charge in [0, 0.05) is 29.7 Å². The van der Waals surface area contributed by atoms with Gasteiger partial charge in [-0.05, 0) is 56.1 Å². The average Bonchev–Trinajstić information content (AvgIpc) is 3.54. The molecular weight excluding hydrogens is 478 g/mol. The highest BCUT2D eigenvalue weighted by molar-refractivity contribution is 7.18. The van der Waals surface area contributed by atoms with Crippen molar-refractivity contribution >= 4 is 29.1 Å². The summed E-state index contributed by atoms with van der Waals surface area (Å²) in [7, 11) is 1.29. The summed E-state index contributed by atoms with van der Waals surface area (Å²) in [6.45, 7) is 3.50. The quantitative estimate of drug-likeness (QED) is 0.431. The Kier molecular flexibility index (Phi) is 7.65. The van der Waals surface area contributed by atoms with Gasteiger partial charge >= 0.3 is 6.16 Å². The molecule has 0 bridgehead atoms. The molecule has 3 aliphatic rings. The summed E-state index contributed by atoms with van der Waals surface area (Å²) in [6, 6.07) is 11.9. The average molecular weight is 514 g/mol. The first-order valence-corrected chi connectivity index (χ1v) is 13.9. The van der Waals surface area contributed by atoms with Crippen LogP contribution in [0.15, 0.2) is 36.4 Å². The summed E-state index contributed by atoms with van der Waals surface area (Å²) < 4.78 is 22.3. The number of nitrogens with zero attached hydrogens (tertiary/aromatic N) is 1. The molecule has 0 N–H and O–H groups in total. The highest BCUT2D eigenvalue weighted by Gasteiger charge is 2.44. The second-order valence-corrected chi connectivity index (χ2v) is 11.2. The molecule has 0 atom stereocenters. The minimum absolute atomic E-state index is 0.0199. The van der Waals surface area contributed by atoms with Gasteiger partial charge in [0.15, 0.2) is 5.79 Å².